The molecule has 0 bridgehead atoms. The summed E-state index contributed by atoms with van der Waals surface area (Å²) in [6.07, 6.45) is 1.51. The van der Waals surface area contributed by atoms with E-state index < -0.39 is 10.9 Å². The van der Waals surface area contributed by atoms with Gasteiger partial charge in [0.25, 0.3) is 16.8 Å². The Kier molecular flexibility index (Phi) is 6.03. The molecular weight excluding hydrogens is 390 g/mol. The number of thiophene rings is 1. The summed E-state index contributed by atoms with van der Waals surface area (Å²) in [5.41, 5.74) is -0.623. The summed E-state index contributed by atoms with van der Waals surface area (Å²) >= 11 is 1.64. The molecule has 0 radical (unpaired) electrons. The lowest BCUT2D eigenvalue weighted by Crippen LogP contribution is -2.39. The monoisotopic (exact) mass is 413 g/mol. The van der Waals surface area contributed by atoms with Gasteiger partial charge in [-0.2, -0.15) is 0 Å². The largest absolute Gasteiger partial charge is 0.505 e. The summed E-state index contributed by atoms with van der Waals surface area (Å²) in [7, 11) is 3.16. The number of nitrogens with zero attached hydrogens (tertiary/aromatic N) is 1. The zero-order valence-electron chi connectivity index (χ0n) is 16.5. The quantitative estimate of drug-likeness (QED) is 0.388. The van der Waals surface area contributed by atoms with Crippen molar-refractivity contribution in [2.45, 2.75) is 25.8 Å². The van der Waals surface area contributed by atoms with Crippen LogP contribution in [0.5, 0.6) is 5.75 Å². The molecule has 152 valence electrons. The predicted octanol–water partition coefficient (Wildman–Crippen LogP) is 2.93. The van der Waals surface area contributed by atoms with Crippen LogP contribution in [-0.4, -0.2) is 36.1 Å². The fourth-order valence-corrected chi connectivity index (χ4v) is 3.80. The zero-order valence-corrected chi connectivity index (χ0v) is 17.3. The topological polar surface area (TPSA) is 98.7 Å². The Bertz CT molecular complexity index is 1080. The molecule has 0 saturated carbocycles. The lowest BCUT2D eigenvalue weighted by atomic mass is 10.1. The lowest BCUT2D eigenvalue weighted by molar-refractivity contribution is 0.0824. The minimum absolute atomic E-state index is 0.00671. The highest BCUT2D eigenvalue weighted by Gasteiger charge is 2.25. The zero-order chi connectivity index (χ0) is 21.1. The number of anilines is 3. The number of nitrogens with one attached hydrogen (secondary N) is 2. The molecule has 3 aromatic rings. The molecule has 2 aromatic carbocycles. The van der Waals surface area contributed by atoms with Crippen LogP contribution in [-0.2, 0) is 6.42 Å². The Labute approximate surface area is 172 Å². The molecule has 29 heavy (non-hydrogen) atoms. The molecule has 7 nitrogen and oxygen atoms in total. The highest BCUT2D eigenvalue weighted by molar-refractivity contribution is 7.09. The summed E-state index contributed by atoms with van der Waals surface area (Å²) in [5, 5.41) is 18.5. The minimum Gasteiger partial charge on any atom is -0.505 e. The molecule has 3 rings (SSSR count). The van der Waals surface area contributed by atoms with Gasteiger partial charge in [0.1, 0.15) is 11.4 Å². The Hall–Kier alpha value is -3.13. The smallest absolute Gasteiger partial charge is 0.257 e. The highest BCUT2D eigenvalue weighted by atomic mass is 32.1. The van der Waals surface area contributed by atoms with Gasteiger partial charge in [-0.25, -0.2) is 0 Å². The summed E-state index contributed by atoms with van der Waals surface area (Å²) in [4.78, 5) is 39.0. The molecule has 1 atom stereocenters. The van der Waals surface area contributed by atoms with Crippen LogP contribution in [0.3, 0.4) is 0 Å². The number of rotatable bonds is 8. The maximum atomic E-state index is 12.2. The van der Waals surface area contributed by atoms with E-state index in [9.17, 15) is 19.5 Å². The molecule has 0 spiro atoms. The average Bonchev–Trinajstić information content (AvgIpc) is 3.22. The number of benzene rings is 1. The van der Waals surface area contributed by atoms with Crippen LogP contribution in [0.4, 0.5) is 17.1 Å². The van der Waals surface area contributed by atoms with E-state index >= 15 is 0 Å². The molecule has 1 amide bonds. The van der Waals surface area contributed by atoms with E-state index in [4.69, 9.17) is 0 Å². The fraction of sp³-hybridized carbons (Fsp3) is 0.286. The first-order chi connectivity index (χ1) is 13.8. The molecule has 1 aromatic heterocycles. The highest BCUT2D eigenvalue weighted by Crippen LogP contribution is 2.32. The maximum absolute atomic E-state index is 12.2. The minimum atomic E-state index is -0.651. The van der Waals surface area contributed by atoms with Crippen molar-refractivity contribution >= 4 is 34.3 Å². The van der Waals surface area contributed by atoms with Crippen LogP contribution in [0.1, 0.15) is 28.6 Å². The number of hydrogen-bond donors (Lipinski definition) is 3. The van der Waals surface area contributed by atoms with Gasteiger partial charge in [-0.3, -0.25) is 14.4 Å². The van der Waals surface area contributed by atoms with Crippen molar-refractivity contribution in [2.75, 3.05) is 24.7 Å². The van der Waals surface area contributed by atoms with Crippen molar-refractivity contribution < 1.29 is 9.90 Å². The second-order valence-corrected chi connectivity index (χ2v) is 8.00. The lowest BCUT2D eigenvalue weighted by Gasteiger charge is -2.22. The fourth-order valence-electron chi connectivity index (χ4n) is 3.01. The number of phenolic OH excluding ortho intramolecular Hbond substituents is 1. The first-order valence-corrected chi connectivity index (χ1v) is 10.1. The Morgan fingerprint density at radius 2 is 1.86 bits per heavy atom. The van der Waals surface area contributed by atoms with Crippen molar-refractivity contribution in [3.05, 3.63) is 66.6 Å². The third-order valence-electron chi connectivity index (χ3n) is 4.71. The van der Waals surface area contributed by atoms with Gasteiger partial charge >= 0.3 is 0 Å². The van der Waals surface area contributed by atoms with Crippen molar-refractivity contribution in [2.24, 2.45) is 0 Å². The van der Waals surface area contributed by atoms with E-state index in [2.05, 4.69) is 10.6 Å². The number of carbonyl (C=O) groups is 1. The number of hydrogen-bond acceptors (Lipinski definition) is 7. The van der Waals surface area contributed by atoms with E-state index in [1.54, 1.807) is 37.6 Å². The van der Waals surface area contributed by atoms with Gasteiger partial charge in [0.05, 0.1) is 11.3 Å². The molecule has 8 heteroatoms. The van der Waals surface area contributed by atoms with Gasteiger partial charge in [0.15, 0.2) is 5.75 Å². The molecular formula is C21H23N3O4S. The van der Waals surface area contributed by atoms with E-state index in [0.29, 0.717) is 0 Å². The van der Waals surface area contributed by atoms with Crippen molar-refractivity contribution in [1.29, 1.82) is 0 Å². The molecule has 3 N–H and O–H groups in total. The number of carbonyl (C=O) groups excluding carboxylic acids is 1. The van der Waals surface area contributed by atoms with Gasteiger partial charge in [0.2, 0.25) is 0 Å². The van der Waals surface area contributed by atoms with Gasteiger partial charge in [-0.1, -0.05) is 19.1 Å². The SMILES string of the molecule is CCC(Cc1cccs1)Nc1c(Nc2cccc(C(=O)N(C)C)c2O)c(=O)c1=O. The third kappa shape index (κ3) is 4.17. The maximum Gasteiger partial charge on any atom is 0.257 e. The van der Waals surface area contributed by atoms with E-state index in [0.717, 1.165) is 12.8 Å². The van der Waals surface area contributed by atoms with E-state index in [-0.39, 0.29) is 40.3 Å². The summed E-state index contributed by atoms with van der Waals surface area (Å²) in [6, 6.07) is 8.64. The van der Waals surface area contributed by atoms with Crippen LogP contribution in [0.2, 0.25) is 0 Å². The Morgan fingerprint density at radius 1 is 1.14 bits per heavy atom. The number of amides is 1. The second kappa shape index (κ2) is 8.48. The molecule has 0 aliphatic rings. The Morgan fingerprint density at radius 3 is 2.48 bits per heavy atom. The van der Waals surface area contributed by atoms with Crippen LogP contribution in [0.25, 0.3) is 0 Å². The molecule has 0 aliphatic carbocycles. The van der Waals surface area contributed by atoms with Gasteiger partial charge < -0.3 is 20.6 Å². The van der Waals surface area contributed by atoms with Crippen LogP contribution in [0, 0.1) is 0 Å². The van der Waals surface area contributed by atoms with Crippen molar-refractivity contribution in [3.63, 3.8) is 0 Å². The summed E-state index contributed by atoms with van der Waals surface area (Å²) in [5.74, 6) is -0.632. The van der Waals surface area contributed by atoms with Crippen LogP contribution >= 0.6 is 11.3 Å². The number of phenols is 1. The van der Waals surface area contributed by atoms with Crippen molar-refractivity contribution in [1.82, 2.24) is 4.90 Å². The van der Waals surface area contributed by atoms with Gasteiger partial charge in [0, 0.05) is 31.4 Å². The Balaban J connectivity index is 1.84. The molecule has 0 saturated heterocycles. The number of para-hydroxylation sites is 1. The van der Waals surface area contributed by atoms with E-state index in [1.807, 2.05) is 24.4 Å². The van der Waals surface area contributed by atoms with E-state index in [1.165, 1.54) is 15.8 Å². The normalized spacial score (nSPS) is 12.0. The van der Waals surface area contributed by atoms with Crippen molar-refractivity contribution in [3.8, 4) is 5.75 Å². The standard InChI is InChI=1S/C21H23N3O4S/c1-4-12(11-13-7-6-10-29-13)22-16-17(20(27)19(16)26)23-15-9-5-8-14(18(15)25)21(28)24(2)3/h5-10,12,22-23,25H,4,11H2,1-3H3. The first kappa shape index (κ1) is 20.6. The summed E-state index contributed by atoms with van der Waals surface area (Å²) < 4.78 is 0. The predicted molar refractivity (Wildman–Crippen MR) is 116 cm³/mol. The third-order valence-corrected chi connectivity index (χ3v) is 5.61. The van der Waals surface area contributed by atoms with Crippen LogP contribution in [0.15, 0.2) is 45.3 Å². The molecule has 0 aliphatic heterocycles. The van der Waals surface area contributed by atoms with Crippen LogP contribution < -0.4 is 21.5 Å². The van der Waals surface area contributed by atoms with Gasteiger partial charge in [-0.15, -0.1) is 11.3 Å². The molecule has 0 fully saturated rings. The summed E-state index contributed by atoms with van der Waals surface area (Å²) in [6.45, 7) is 2.01. The van der Waals surface area contributed by atoms with Gasteiger partial charge in [-0.05, 0) is 30.0 Å². The number of aromatic hydroxyl groups is 1. The molecule has 1 unspecified atom stereocenters. The average molecular weight is 413 g/mol. The second-order valence-electron chi connectivity index (χ2n) is 6.97. The first-order valence-electron chi connectivity index (χ1n) is 9.26. The molecule has 1 heterocycles.